The Morgan fingerprint density at radius 3 is 1.71 bits per heavy atom. The summed E-state index contributed by atoms with van der Waals surface area (Å²) in [6, 6.07) is 27.8. The van der Waals surface area contributed by atoms with E-state index in [-0.39, 0.29) is 12.1 Å². The Morgan fingerprint density at radius 2 is 1.16 bits per heavy atom. The molecule has 0 aliphatic heterocycles. The number of hydrogen-bond acceptors (Lipinski definition) is 8. The van der Waals surface area contributed by atoms with Crippen molar-refractivity contribution in [1.82, 2.24) is 20.4 Å². The van der Waals surface area contributed by atoms with Crippen molar-refractivity contribution in [3.63, 3.8) is 0 Å². The van der Waals surface area contributed by atoms with Gasteiger partial charge >= 0.3 is 0 Å². The van der Waals surface area contributed by atoms with Gasteiger partial charge in [0.25, 0.3) is 0 Å². The van der Waals surface area contributed by atoms with Crippen molar-refractivity contribution in [3.8, 4) is 12.1 Å². The van der Waals surface area contributed by atoms with E-state index in [1.165, 1.54) is 0 Å². The van der Waals surface area contributed by atoms with Gasteiger partial charge in [0, 0.05) is 36.5 Å². The number of halogens is 3. The third-order valence-corrected chi connectivity index (χ3v) is 9.38. The van der Waals surface area contributed by atoms with E-state index in [1.54, 1.807) is 6.07 Å². The summed E-state index contributed by atoms with van der Waals surface area (Å²) in [4.78, 5) is 0. The number of anilines is 1. The van der Waals surface area contributed by atoms with E-state index in [4.69, 9.17) is 22.6 Å². The van der Waals surface area contributed by atoms with Gasteiger partial charge in [-0.2, -0.15) is 20.7 Å². The molecule has 49 heavy (non-hydrogen) atoms. The monoisotopic (exact) mass is 796 g/mol. The van der Waals surface area contributed by atoms with Crippen LogP contribution in [-0.2, 0) is 0 Å². The van der Waals surface area contributed by atoms with Crippen molar-refractivity contribution in [2.45, 2.75) is 53.6 Å². The van der Waals surface area contributed by atoms with E-state index in [2.05, 4.69) is 76.6 Å². The number of nitrogens with one attached hydrogen (secondary N) is 1. The molecule has 2 heterocycles. The molecule has 3 N–H and O–H groups in total. The largest absolute Gasteiger partial charge is 0.362 e. The Balaban J connectivity index is 0.000000182. The lowest BCUT2D eigenvalue weighted by atomic mass is 9.98. The van der Waals surface area contributed by atoms with Crippen molar-refractivity contribution in [2.75, 3.05) is 5.32 Å². The molecule has 8 nitrogen and oxygen atoms in total. The Hall–Kier alpha value is -4.45. The molecular formula is C38H35Br2ClN8. The molecule has 2 aromatic heterocycles. The predicted molar refractivity (Wildman–Crippen MR) is 205 cm³/mol. The van der Waals surface area contributed by atoms with Crippen molar-refractivity contribution in [2.24, 2.45) is 5.73 Å². The van der Waals surface area contributed by atoms with Crippen LogP contribution in [0.5, 0.6) is 0 Å². The first-order valence-electron chi connectivity index (χ1n) is 15.4. The third-order valence-electron chi connectivity index (χ3n) is 8.11. The minimum atomic E-state index is -0.00157. The number of benzene rings is 4. The lowest BCUT2D eigenvalue weighted by Crippen LogP contribution is -2.11. The number of nitrogens with zero attached hydrogens (tertiary/aromatic N) is 6. The van der Waals surface area contributed by atoms with Crippen LogP contribution < -0.4 is 11.1 Å². The highest BCUT2D eigenvalue weighted by atomic mass is 79.9. The lowest BCUT2D eigenvalue weighted by molar-refractivity contribution is 0.809. The molecule has 2 atom stereocenters. The summed E-state index contributed by atoms with van der Waals surface area (Å²) in [6.45, 7) is 11.8. The van der Waals surface area contributed by atoms with Crippen LogP contribution in [0.25, 0.3) is 21.5 Å². The maximum absolute atomic E-state index is 9.22. The fraction of sp³-hybridized carbons (Fsp3) is 0.211. The van der Waals surface area contributed by atoms with Gasteiger partial charge in [-0.3, -0.25) is 0 Å². The standard InChI is InChI=1S/C19H17BrN4.C10H12N2.C9H6BrClN2/c1-11-14(10-21)5-4-6-16(11)12(2)22-19-18-9-15(20)7-8-17(18)13(3)23-24-19;1-7-9(6-11)4-3-5-10(7)8(2)12;1-5-7-3-2-6(10)4-8(7)9(11)13-12-5/h4-9,12H,1-3H3,(H,22,24);3-5,8H,12H2,1-2H3;2-4H,1H3/t12-;8-;/m11./s1. The number of aryl methyl sites for hydroxylation is 2. The van der Waals surface area contributed by atoms with Crippen LogP contribution in [0.3, 0.4) is 0 Å². The molecule has 4 aromatic carbocycles. The van der Waals surface area contributed by atoms with Crippen molar-refractivity contribution in [3.05, 3.63) is 132 Å². The molecule has 0 bridgehead atoms. The zero-order chi connectivity index (χ0) is 35.8. The molecule has 0 spiro atoms. The van der Waals surface area contributed by atoms with Gasteiger partial charge in [0.15, 0.2) is 11.0 Å². The molecule has 0 aliphatic carbocycles. The number of nitrogens with two attached hydrogens (primary N) is 1. The van der Waals surface area contributed by atoms with Gasteiger partial charge in [-0.1, -0.05) is 79.9 Å². The van der Waals surface area contributed by atoms with E-state index in [0.29, 0.717) is 16.3 Å². The number of hydrogen-bond donors (Lipinski definition) is 2. The highest BCUT2D eigenvalue weighted by Crippen LogP contribution is 2.30. The first-order valence-corrected chi connectivity index (χ1v) is 17.3. The van der Waals surface area contributed by atoms with E-state index in [0.717, 1.165) is 69.9 Å². The second-order valence-electron chi connectivity index (χ2n) is 11.5. The molecule has 6 aromatic rings. The second kappa shape index (κ2) is 16.8. The van der Waals surface area contributed by atoms with Gasteiger partial charge in [-0.25, -0.2) is 0 Å². The fourth-order valence-corrected chi connectivity index (χ4v) is 6.31. The molecule has 0 unspecified atom stereocenters. The molecule has 248 valence electrons. The van der Waals surface area contributed by atoms with Gasteiger partial charge in [0.1, 0.15) is 0 Å². The summed E-state index contributed by atoms with van der Waals surface area (Å²) < 4.78 is 2.00. The van der Waals surface area contributed by atoms with E-state index in [9.17, 15) is 5.26 Å². The van der Waals surface area contributed by atoms with E-state index >= 15 is 0 Å². The topological polar surface area (TPSA) is 137 Å². The lowest BCUT2D eigenvalue weighted by Gasteiger charge is -2.19. The van der Waals surface area contributed by atoms with Crippen molar-refractivity contribution in [1.29, 1.82) is 10.5 Å². The summed E-state index contributed by atoms with van der Waals surface area (Å²) in [5, 5.41) is 42.3. The van der Waals surface area contributed by atoms with Crippen LogP contribution >= 0.6 is 43.5 Å². The van der Waals surface area contributed by atoms with Gasteiger partial charge < -0.3 is 11.1 Å². The van der Waals surface area contributed by atoms with Crippen molar-refractivity contribution >= 4 is 70.8 Å². The minimum Gasteiger partial charge on any atom is -0.362 e. The third kappa shape index (κ3) is 8.97. The SMILES string of the molecule is Cc1c(C#N)cccc1[C@@H](C)N.Cc1c(C#N)cccc1[C@@H](C)Nc1nnc(C)c2ccc(Br)cc12.Cc1nnc(Cl)c2cc(Br)ccc12. The molecule has 6 rings (SSSR count). The Morgan fingerprint density at radius 1 is 0.673 bits per heavy atom. The molecule has 0 fully saturated rings. The average molecular weight is 799 g/mol. The highest BCUT2D eigenvalue weighted by Gasteiger charge is 2.14. The molecule has 0 aliphatic rings. The summed E-state index contributed by atoms with van der Waals surface area (Å²) in [7, 11) is 0. The molecular weight excluding hydrogens is 764 g/mol. The normalized spacial score (nSPS) is 11.7. The molecule has 11 heteroatoms. The number of rotatable bonds is 4. The molecule has 0 radical (unpaired) electrons. The van der Waals surface area contributed by atoms with Crippen LogP contribution in [0.15, 0.2) is 81.7 Å². The Bertz CT molecular complexity index is 2220. The zero-order valence-corrected chi connectivity index (χ0v) is 31.9. The van der Waals surface area contributed by atoms with Crippen molar-refractivity contribution < 1.29 is 0 Å². The number of nitriles is 2. The summed E-state index contributed by atoms with van der Waals surface area (Å²) in [5.41, 5.74) is 13.1. The zero-order valence-electron chi connectivity index (χ0n) is 28.0. The van der Waals surface area contributed by atoms with Gasteiger partial charge in [-0.15, -0.1) is 10.2 Å². The smallest absolute Gasteiger partial charge is 0.159 e. The highest BCUT2D eigenvalue weighted by molar-refractivity contribution is 9.10. The Kier molecular flexibility index (Phi) is 12.8. The van der Waals surface area contributed by atoms with Gasteiger partial charge in [-0.05, 0) is 100 Å². The molecule has 0 saturated heterocycles. The predicted octanol–water partition coefficient (Wildman–Crippen LogP) is 10.3. The number of aromatic nitrogens is 4. The van der Waals surface area contributed by atoms with Gasteiger partial charge in [0.2, 0.25) is 0 Å². The quantitative estimate of drug-likeness (QED) is 0.180. The Labute approximate surface area is 308 Å². The van der Waals surface area contributed by atoms with Crippen LogP contribution in [0, 0.1) is 50.4 Å². The second-order valence-corrected chi connectivity index (χ2v) is 13.7. The first kappa shape index (κ1) is 37.4. The van der Waals surface area contributed by atoms with Gasteiger partial charge in [0.05, 0.1) is 40.7 Å². The van der Waals surface area contributed by atoms with Crippen LogP contribution in [0.2, 0.25) is 5.15 Å². The summed E-state index contributed by atoms with van der Waals surface area (Å²) in [5.74, 6) is 0.742. The molecule has 0 saturated carbocycles. The first-order chi connectivity index (χ1) is 23.4. The van der Waals surface area contributed by atoms with Crippen LogP contribution in [0.4, 0.5) is 5.82 Å². The summed E-state index contributed by atoms with van der Waals surface area (Å²) in [6.07, 6.45) is 0. The number of fused-ring (bicyclic) bond motifs is 2. The maximum Gasteiger partial charge on any atom is 0.159 e. The van der Waals surface area contributed by atoms with E-state index in [1.807, 2.05) is 101 Å². The summed E-state index contributed by atoms with van der Waals surface area (Å²) >= 11 is 12.8. The maximum atomic E-state index is 9.22. The fourth-order valence-electron chi connectivity index (χ4n) is 5.39. The minimum absolute atomic E-state index is 0.00157. The average Bonchev–Trinajstić information content (AvgIpc) is 3.08. The van der Waals surface area contributed by atoms with E-state index < -0.39 is 0 Å². The molecule has 0 amide bonds. The van der Waals surface area contributed by atoms with Crippen LogP contribution in [0.1, 0.15) is 70.7 Å². The van der Waals surface area contributed by atoms with Crippen LogP contribution in [-0.4, -0.2) is 20.4 Å².